The van der Waals surface area contributed by atoms with Crippen molar-refractivity contribution in [2.75, 3.05) is 14.2 Å². The fourth-order valence-electron chi connectivity index (χ4n) is 1.91. The second kappa shape index (κ2) is 6.74. The van der Waals surface area contributed by atoms with Crippen molar-refractivity contribution in [3.8, 4) is 23.0 Å². The van der Waals surface area contributed by atoms with E-state index in [9.17, 15) is 4.79 Å². The van der Waals surface area contributed by atoms with Crippen molar-refractivity contribution in [3.05, 3.63) is 24.1 Å². The van der Waals surface area contributed by atoms with Gasteiger partial charge in [0.25, 0.3) is 5.89 Å². The first-order valence-electron chi connectivity index (χ1n) is 6.41. The van der Waals surface area contributed by atoms with Crippen molar-refractivity contribution in [2.45, 2.75) is 19.3 Å². The number of hydrogen-bond acceptors (Lipinski definition) is 6. The maximum absolute atomic E-state index is 10.5. The van der Waals surface area contributed by atoms with Crippen molar-refractivity contribution in [1.29, 1.82) is 0 Å². The number of methoxy groups -OCH3 is 2. The number of carbonyl (C=O) groups is 1. The Hall–Kier alpha value is -2.57. The van der Waals surface area contributed by atoms with Crippen molar-refractivity contribution in [2.24, 2.45) is 0 Å². The van der Waals surface area contributed by atoms with Gasteiger partial charge in [0.15, 0.2) is 11.5 Å². The quantitative estimate of drug-likeness (QED) is 0.835. The minimum Gasteiger partial charge on any atom is -0.493 e. The summed E-state index contributed by atoms with van der Waals surface area (Å²) >= 11 is 0. The zero-order valence-electron chi connectivity index (χ0n) is 11.8. The highest BCUT2D eigenvalue weighted by atomic mass is 16.5. The fourth-order valence-corrected chi connectivity index (χ4v) is 1.91. The molecule has 1 N–H and O–H groups in total. The number of nitrogens with zero attached hydrogens (tertiary/aromatic N) is 2. The van der Waals surface area contributed by atoms with Crippen LogP contribution in [0.2, 0.25) is 0 Å². The molecule has 0 amide bonds. The Bertz CT molecular complexity index is 624. The molecule has 0 aliphatic carbocycles. The normalized spacial score (nSPS) is 10.4. The van der Waals surface area contributed by atoms with Crippen LogP contribution in [0.4, 0.5) is 0 Å². The number of aryl methyl sites for hydroxylation is 1. The number of carboxylic acid groups (broad SMARTS) is 1. The number of carboxylic acids is 1. The third kappa shape index (κ3) is 3.50. The van der Waals surface area contributed by atoms with Gasteiger partial charge in [0.2, 0.25) is 5.89 Å². The molecule has 0 spiro atoms. The highest BCUT2D eigenvalue weighted by molar-refractivity contribution is 5.67. The molecule has 0 radical (unpaired) electrons. The van der Waals surface area contributed by atoms with E-state index in [0.717, 1.165) is 0 Å². The first kappa shape index (κ1) is 14.8. The van der Waals surface area contributed by atoms with E-state index < -0.39 is 5.97 Å². The third-order valence-corrected chi connectivity index (χ3v) is 2.88. The van der Waals surface area contributed by atoms with Gasteiger partial charge in [-0.05, 0) is 18.6 Å². The number of para-hydroxylation sites is 1. The summed E-state index contributed by atoms with van der Waals surface area (Å²) in [7, 11) is 3.08. The second-order valence-corrected chi connectivity index (χ2v) is 4.29. The maximum atomic E-state index is 10.5. The Morgan fingerprint density at radius 3 is 2.76 bits per heavy atom. The molecule has 2 aromatic rings. The number of rotatable bonds is 7. The lowest BCUT2D eigenvalue weighted by atomic mass is 10.2. The fraction of sp³-hybridized carbons (Fsp3) is 0.357. The average Bonchev–Trinajstić information content (AvgIpc) is 2.94. The van der Waals surface area contributed by atoms with Crippen LogP contribution in [0.15, 0.2) is 22.6 Å². The molecular formula is C14H16N2O5. The monoisotopic (exact) mass is 292 g/mol. The Balaban J connectivity index is 2.19. The summed E-state index contributed by atoms with van der Waals surface area (Å²) in [6, 6.07) is 5.35. The van der Waals surface area contributed by atoms with Crippen molar-refractivity contribution in [1.82, 2.24) is 10.2 Å². The van der Waals surface area contributed by atoms with Crippen molar-refractivity contribution >= 4 is 5.97 Å². The predicted octanol–water partition coefficient (Wildman–Crippen LogP) is 2.16. The van der Waals surface area contributed by atoms with Gasteiger partial charge in [0, 0.05) is 12.8 Å². The Morgan fingerprint density at radius 1 is 1.29 bits per heavy atom. The summed E-state index contributed by atoms with van der Waals surface area (Å²) in [5, 5.41) is 16.5. The lowest BCUT2D eigenvalue weighted by Gasteiger charge is -2.09. The van der Waals surface area contributed by atoms with Crippen LogP contribution in [0.5, 0.6) is 11.5 Å². The molecule has 0 saturated carbocycles. The van der Waals surface area contributed by atoms with E-state index in [0.29, 0.717) is 41.7 Å². The zero-order chi connectivity index (χ0) is 15.2. The summed E-state index contributed by atoms with van der Waals surface area (Å²) in [4.78, 5) is 10.5. The molecule has 0 aliphatic rings. The van der Waals surface area contributed by atoms with Gasteiger partial charge in [-0.25, -0.2) is 0 Å². The second-order valence-electron chi connectivity index (χ2n) is 4.29. The standard InChI is InChI=1S/C14H16N2O5/c1-19-10-6-3-5-9(13(10)20-2)14-16-15-11(21-14)7-4-8-12(17)18/h3,5-6H,4,7-8H2,1-2H3,(H,17,18). The van der Waals surface area contributed by atoms with Gasteiger partial charge in [0.05, 0.1) is 19.8 Å². The van der Waals surface area contributed by atoms with E-state index in [-0.39, 0.29) is 6.42 Å². The summed E-state index contributed by atoms with van der Waals surface area (Å²) in [5.74, 6) is 0.956. The summed E-state index contributed by atoms with van der Waals surface area (Å²) in [6.45, 7) is 0. The van der Waals surface area contributed by atoms with Gasteiger partial charge in [0.1, 0.15) is 0 Å². The molecule has 7 heteroatoms. The molecule has 0 unspecified atom stereocenters. The summed E-state index contributed by atoms with van der Waals surface area (Å²) in [5.41, 5.74) is 0.633. The van der Waals surface area contributed by atoms with Crippen molar-refractivity contribution in [3.63, 3.8) is 0 Å². The lowest BCUT2D eigenvalue weighted by molar-refractivity contribution is -0.137. The molecule has 2 rings (SSSR count). The maximum Gasteiger partial charge on any atom is 0.303 e. The number of hydrogen-bond donors (Lipinski definition) is 1. The van der Waals surface area contributed by atoms with Crippen LogP contribution >= 0.6 is 0 Å². The molecule has 0 saturated heterocycles. The van der Waals surface area contributed by atoms with Gasteiger partial charge < -0.3 is 19.0 Å². The molecule has 1 heterocycles. The van der Waals surface area contributed by atoms with E-state index in [4.69, 9.17) is 19.0 Å². The van der Waals surface area contributed by atoms with E-state index in [1.54, 1.807) is 25.3 Å². The molecule has 0 fully saturated rings. The van der Waals surface area contributed by atoms with Crippen LogP contribution in [0.25, 0.3) is 11.5 Å². The van der Waals surface area contributed by atoms with Crippen LogP contribution in [0.3, 0.4) is 0 Å². The molecule has 0 atom stereocenters. The summed E-state index contributed by atoms with van der Waals surface area (Å²) < 4.78 is 16.1. The Morgan fingerprint density at radius 2 is 2.10 bits per heavy atom. The van der Waals surface area contributed by atoms with Crippen LogP contribution in [-0.4, -0.2) is 35.5 Å². The van der Waals surface area contributed by atoms with E-state index >= 15 is 0 Å². The van der Waals surface area contributed by atoms with Crippen LogP contribution in [-0.2, 0) is 11.2 Å². The van der Waals surface area contributed by atoms with Crippen molar-refractivity contribution < 1.29 is 23.8 Å². The molecule has 1 aromatic carbocycles. The molecule has 0 bridgehead atoms. The topological polar surface area (TPSA) is 94.7 Å². The smallest absolute Gasteiger partial charge is 0.303 e. The summed E-state index contributed by atoms with van der Waals surface area (Å²) in [6.07, 6.45) is 0.942. The van der Waals surface area contributed by atoms with E-state index in [1.165, 1.54) is 7.11 Å². The molecule has 112 valence electrons. The van der Waals surface area contributed by atoms with Gasteiger partial charge in [-0.2, -0.15) is 0 Å². The van der Waals surface area contributed by atoms with Gasteiger partial charge in [-0.15, -0.1) is 10.2 Å². The number of aromatic nitrogens is 2. The molecule has 1 aromatic heterocycles. The van der Waals surface area contributed by atoms with Gasteiger partial charge in [-0.3, -0.25) is 4.79 Å². The minimum atomic E-state index is -0.843. The highest BCUT2D eigenvalue weighted by Crippen LogP contribution is 2.37. The molecular weight excluding hydrogens is 276 g/mol. The number of aliphatic carboxylic acids is 1. The Kier molecular flexibility index (Phi) is 4.76. The molecule has 0 aliphatic heterocycles. The first-order valence-corrected chi connectivity index (χ1v) is 6.41. The zero-order valence-corrected chi connectivity index (χ0v) is 11.8. The van der Waals surface area contributed by atoms with E-state index in [1.807, 2.05) is 0 Å². The first-order chi connectivity index (χ1) is 10.2. The highest BCUT2D eigenvalue weighted by Gasteiger charge is 2.17. The predicted molar refractivity (Wildman–Crippen MR) is 73.4 cm³/mol. The third-order valence-electron chi connectivity index (χ3n) is 2.88. The van der Waals surface area contributed by atoms with Gasteiger partial charge >= 0.3 is 5.97 Å². The van der Waals surface area contributed by atoms with Crippen LogP contribution in [0, 0.1) is 0 Å². The lowest BCUT2D eigenvalue weighted by Crippen LogP contribution is -1.95. The molecule has 7 nitrogen and oxygen atoms in total. The van der Waals surface area contributed by atoms with Crippen LogP contribution in [0.1, 0.15) is 18.7 Å². The van der Waals surface area contributed by atoms with Crippen LogP contribution < -0.4 is 9.47 Å². The SMILES string of the molecule is COc1cccc(-c2nnc(CCCC(=O)O)o2)c1OC. The number of ether oxygens (including phenoxy) is 2. The Labute approximate surface area is 121 Å². The minimum absolute atomic E-state index is 0.0696. The van der Waals surface area contributed by atoms with E-state index in [2.05, 4.69) is 10.2 Å². The average molecular weight is 292 g/mol. The number of benzene rings is 1. The molecule has 21 heavy (non-hydrogen) atoms. The van der Waals surface area contributed by atoms with Gasteiger partial charge in [-0.1, -0.05) is 6.07 Å². The largest absolute Gasteiger partial charge is 0.493 e.